The Kier molecular flexibility index (Phi) is 4.91. The fourth-order valence-corrected chi connectivity index (χ4v) is 2.60. The quantitative estimate of drug-likeness (QED) is 0.759. The summed E-state index contributed by atoms with van der Waals surface area (Å²) in [5, 5.41) is 3.91. The number of hydrogen-bond acceptors (Lipinski definition) is 3. The minimum absolute atomic E-state index is 0.193. The highest BCUT2D eigenvalue weighted by molar-refractivity contribution is 5.94. The smallest absolute Gasteiger partial charge is 0.240 e. The molecule has 4 nitrogen and oxygen atoms in total. The molecule has 0 bridgehead atoms. The summed E-state index contributed by atoms with van der Waals surface area (Å²) < 4.78 is 0. The minimum Gasteiger partial charge on any atom is -0.325 e. The van der Waals surface area contributed by atoms with Crippen molar-refractivity contribution in [3.05, 3.63) is 71.4 Å². The highest BCUT2D eigenvalue weighted by atomic mass is 16.2. The summed E-state index contributed by atoms with van der Waals surface area (Å²) in [6.45, 7) is 3.66. The van der Waals surface area contributed by atoms with Gasteiger partial charge < -0.3 is 11.1 Å². The van der Waals surface area contributed by atoms with Crippen molar-refractivity contribution >= 4 is 34.6 Å². The minimum atomic E-state index is -0.525. The molecule has 4 heteroatoms. The van der Waals surface area contributed by atoms with E-state index in [0.29, 0.717) is 0 Å². The predicted octanol–water partition coefficient (Wildman–Crippen LogP) is 4.00. The summed E-state index contributed by atoms with van der Waals surface area (Å²) >= 11 is 0. The number of para-hydroxylation sites is 1. The highest BCUT2D eigenvalue weighted by Gasteiger charge is 2.06. The Morgan fingerprint density at radius 2 is 1.84 bits per heavy atom. The van der Waals surface area contributed by atoms with Crippen molar-refractivity contribution in [2.45, 2.75) is 19.9 Å². The van der Waals surface area contributed by atoms with Crippen LogP contribution in [0.5, 0.6) is 0 Å². The van der Waals surface area contributed by atoms with Crippen LogP contribution in [-0.2, 0) is 4.79 Å². The molecule has 2 aromatic carbocycles. The molecular weight excluding hydrogens is 310 g/mol. The first-order chi connectivity index (χ1) is 12.0. The molecule has 25 heavy (non-hydrogen) atoms. The second-order valence-electron chi connectivity index (χ2n) is 6.10. The van der Waals surface area contributed by atoms with Crippen molar-refractivity contribution in [3.63, 3.8) is 0 Å². The molecule has 1 aromatic heterocycles. The van der Waals surface area contributed by atoms with Gasteiger partial charge >= 0.3 is 0 Å². The van der Waals surface area contributed by atoms with Crippen molar-refractivity contribution in [1.29, 1.82) is 0 Å². The Morgan fingerprint density at radius 3 is 2.56 bits per heavy atom. The Morgan fingerprint density at radius 1 is 1.12 bits per heavy atom. The van der Waals surface area contributed by atoms with E-state index in [-0.39, 0.29) is 5.91 Å². The van der Waals surface area contributed by atoms with E-state index in [1.54, 1.807) is 6.92 Å². The molecular formula is C21H21N3O. The second kappa shape index (κ2) is 7.28. The number of carbonyl (C=O) groups is 1. The van der Waals surface area contributed by atoms with E-state index in [0.717, 1.165) is 33.4 Å². The van der Waals surface area contributed by atoms with Gasteiger partial charge in [-0.25, -0.2) is 0 Å². The van der Waals surface area contributed by atoms with Gasteiger partial charge in [0.25, 0.3) is 0 Å². The van der Waals surface area contributed by atoms with Crippen LogP contribution in [0, 0.1) is 6.92 Å². The van der Waals surface area contributed by atoms with Crippen LogP contribution < -0.4 is 11.1 Å². The molecule has 1 atom stereocenters. The van der Waals surface area contributed by atoms with Crippen LogP contribution in [0.3, 0.4) is 0 Å². The molecule has 0 saturated heterocycles. The maximum atomic E-state index is 11.6. The van der Waals surface area contributed by atoms with Crippen LogP contribution in [0.1, 0.15) is 23.7 Å². The van der Waals surface area contributed by atoms with Crippen LogP contribution in [0.2, 0.25) is 0 Å². The number of pyridine rings is 1. The fourth-order valence-electron chi connectivity index (χ4n) is 2.60. The van der Waals surface area contributed by atoms with Crippen molar-refractivity contribution in [2.24, 2.45) is 5.73 Å². The SMILES string of the molecule is Cc1cc(/C=C/c2ccc(NC(=O)[C@@H](C)N)cc2)c2ccccc2n1. The highest BCUT2D eigenvalue weighted by Crippen LogP contribution is 2.21. The molecule has 3 rings (SSSR count). The van der Waals surface area contributed by atoms with E-state index < -0.39 is 6.04 Å². The molecule has 0 aliphatic rings. The van der Waals surface area contributed by atoms with Crippen molar-refractivity contribution < 1.29 is 4.79 Å². The summed E-state index contributed by atoms with van der Waals surface area (Å²) in [5.41, 5.74) is 10.5. The first-order valence-electron chi connectivity index (χ1n) is 8.24. The zero-order valence-electron chi connectivity index (χ0n) is 14.4. The number of aryl methyl sites for hydroxylation is 1. The largest absolute Gasteiger partial charge is 0.325 e. The van der Waals surface area contributed by atoms with Crippen LogP contribution in [0.4, 0.5) is 5.69 Å². The molecule has 0 aliphatic carbocycles. The topological polar surface area (TPSA) is 68.0 Å². The predicted molar refractivity (Wildman–Crippen MR) is 104 cm³/mol. The number of nitrogens with zero attached hydrogens (tertiary/aromatic N) is 1. The second-order valence-corrected chi connectivity index (χ2v) is 6.10. The molecule has 0 fully saturated rings. The number of nitrogens with one attached hydrogen (secondary N) is 1. The lowest BCUT2D eigenvalue weighted by molar-refractivity contribution is -0.117. The van der Waals surface area contributed by atoms with Crippen LogP contribution in [0.25, 0.3) is 23.1 Å². The van der Waals surface area contributed by atoms with E-state index in [9.17, 15) is 4.79 Å². The Labute approximate surface area is 147 Å². The number of nitrogens with two attached hydrogens (primary N) is 1. The van der Waals surface area contributed by atoms with Gasteiger partial charge in [0.05, 0.1) is 11.6 Å². The molecule has 1 amide bonds. The maximum Gasteiger partial charge on any atom is 0.240 e. The number of aromatic nitrogens is 1. The Bertz CT molecular complexity index is 928. The first-order valence-corrected chi connectivity index (χ1v) is 8.24. The Balaban J connectivity index is 1.82. The number of fused-ring (bicyclic) bond motifs is 1. The van der Waals surface area contributed by atoms with Gasteiger partial charge in [-0.1, -0.05) is 42.5 Å². The number of rotatable bonds is 4. The fraction of sp³-hybridized carbons (Fsp3) is 0.143. The summed E-state index contributed by atoms with van der Waals surface area (Å²) in [6, 6.07) is 17.3. The lowest BCUT2D eigenvalue weighted by Gasteiger charge is -2.07. The summed E-state index contributed by atoms with van der Waals surface area (Å²) in [7, 11) is 0. The number of carbonyl (C=O) groups excluding carboxylic acids is 1. The molecule has 1 heterocycles. The van der Waals surface area contributed by atoms with E-state index in [2.05, 4.69) is 34.6 Å². The number of benzene rings is 2. The third-order valence-electron chi connectivity index (χ3n) is 3.92. The lowest BCUT2D eigenvalue weighted by Crippen LogP contribution is -2.32. The zero-order chi connectivity index (χ0) is 17.8. The number of anilines is 1. The van der Waals surface area contributed by atoms with Crippen LogP contribution in [-0.4, -0.2) is 16.9 Å². The lowest BCUT2D eigenvalue weighted by atomic mass is 10.1. The van der Waals surface area contributed by atoms with Crippen molar-refractivity contribution in [2.75, 3.05) is 5.32 Å². The molecule has 0 aliphatic heterocycles. The van der Waals surface area contributed by atoms with Crippen LogP contribution in [0.15, 0.2) is 54.6 Å². The molecule has 0 unspecified atom stereocenters. The average molecular weight is 331 g/mol. The monoisotopic (exact) mass is 331 g/mol. The van der Waals surface area contributed by atoms with Gasteiger partial charge in [0.2, 0.25) is 5.91 Å². The molecule has 0 saturated carbocycles. The van der Waals surface area contributed by atoms with Crippen LogP contribution >= 0.6 is 0 Å². The zero-order valence-corrected chi connectivity index (χ0v) is 14.4. The van der Waals surface area contributed by atoms with Gasteiger partial charge in [0, 0.05) is 16.8 Å². The molecule has 0 radical (unpaired) electrons. The van der Waals surface area contributed by atoms with Gasteiger partial charge in [0.1, 0.15) is 0 Å². The summed E-state index contributed by atoms with van der Waals surface area (Å²) in [5.74, 6) is -0.193. The summed E-state index contributed by atoms with van der Waals surface area (Å²) in [4.78, 5) is 16.2. The van der Waals surface area contributed by atoms with Crippen molar-refractivity contribution in [1.82, 2.24) is 4.98 Å². The van der Waals surface area contributed by atoms with Gasteiger partial charge in [-0.3, -0.25) is 9.78 Å². The molecule has 126 valence electrons. The van der Waals surface area contributed by atoms with E-state index in [1.165, 1.54) is 0 Å². The van der Waals surface area contributed by atoms with Gasteiger partial charge in [-0.05, 0) is 49.2 Å². The standard InChI is InChI=1S/C21H21N3O/c1-14-13-17(19-5-3-4-6-20(19)23-14)10-7-16-8-11-18(12-9-16)24-21(25)15(2)22/h3-13,15H,22H2,1-2H3,(H,24,25)/b10-7+/t15-/m1/s1. The molecule has 3 aromatic rings. The van der Waals surface area contributed by atoms with E-state index in [1.807, 2.05) is 49.4 Å². The van der Waals surface area contributed by atoms with Gasteiger partial charge in [-0.15, -0.1) is 0 Å². The third kappa shape index (κ3) is 4.11. The summed E-state index contributed by atoms with van der Waals surface area (Å²) in [6.07, 6.45) is 4.14. The van der Waals surface area contributed by atoms with Gasteiger partial charge in [0.15, 0.2) is 0 Å². The normalized spacial score (nSPS) is 12.4. The number of hydrogen-bond donors (Lipinski definition) is 2. The third-order valence-corrected chi connectivity index (χ3v) is 3.92. The number of amides is 1. The van der Waals surface area contributed by atoms with Crippen molar-refractivity contribution in [3.8, 4) is 0 Å². The van der Waals surface area contributed by atoms with Gasteiger partial charge in [-0.2, -0.15) is 0 Å². The first kappa shape index (κ1) is 16.9. The average Bonchev–Trinajstić information content (AvgIpc) is 2.60. The molecule has 0 spiro atoms. The maximum absolute atomic E-state index is 11.6. The van der Waals surface area contributed by atoms with E-state index >= 15 is 0 Å². The van der Waals surface area contributed by atoms with E-state index in [4.69, 9.17) is 5.73 Å². The Hall–Kier alpha value is -2.98. The molecule has 3 N–H and O–H groups in total.